The summed E-state index contributed by atoms with van der Waals surface area (Å²) in [4.78, 5) is 43.3. The molecule has 1 saturated heterocycles. The second-order valence-corrected chi connectivity index (χ2v) is 8.46. The van der Waals surface area contributed by atoms with E-state index in [4.69, 9.17) is 9.47 Å². The lowest BCUT2D eigenvalue weighted by Gasteiger charge is -2.21. The summed E-state index contributed by atoms with van der Waals surface area (Å²) in [6.07, 6.45) is 3.18. The van der Waals surface area contributed by atoms with Crippen molar-refractivity contribution < 1.29 is 24.2 Å². The van der Waals surface area contributed by atoms with Crippen LogP contribution in [0.2, 0.25) is 0 Å². The number of H-pyrrole nitrogens is 2. The maximum atomic E-state index is 13.4. The summed E-state index contributed by atoms with van der Waals surface area (Å²) in [5.74, 6) is -0.901. The maximum absolute atomic E-state index is 13.4. The molecule has 37 heavy (non-hydrogen) atoms. The molecule has 1 aliphatic rings. The SMILES string of the molecule is COc1cc2nc(N3C(=O)C(=O)/C(=C(/O)c4c[nH]c5ccccc45)C3c3ccccn3)[nH]c2cc1OC. The van der Waals surface area contributed by atoms with E-state index in [9.17, 15) is 14.7 Å². The molecular weight excluding hydrogens is 474 g/mol. The summed E-state index contributed by atoms with van der Waals surface area (Å²) < 4.78 is 10.7. The standard InChI is InChI=1S/C27H21N5O5/c1-36-20-11-18-19(12-21(20)37-2)31-27(30-18)32-23(17-9-5-6-10-28-17)22(25(34)26(32)35)24(33)15-13-29-16-8-4-3-7-14(15)16/h3-13,23,29,33H,1-2H3,(H,30,31)/b24-22+. The molecular formula is C27H21N5O5. The minimum atomic E-state index is -1.01. The first kappa shape index (κ1) is 22.4. The number of ether oxygens (including phenoxy) is 2. The van der Waals surface area contributed by atoms with Gasteiger partial charge in [0.25, 0.3) is 5.78 Å². The fourth-order valence-corrected chi connectivity index (χ4v) is 4.72. The zero-order chi connectivity index (χ0) is 25.7. The van der Waals surface area contributed by atoms with E-state index in [1.165, 1.54) is 19.1 Å². The molecule has 0 bridgehead atoms. The first-order valence-electron chi connectivity index (χ1n) is 11.4. The van der Waals surface area contributed by atoms with E-state index in [0.29, 0.717) is 39.2 Å². The number of fused-ring (bicyclic) bond motifs is 2. The van der Waals surface area contributed by atoms with Crippen LogP contribution in [-0.4, -0.2) is 51.0 Å². The van der Waals surface area contributed by atoms with Crippen LogP contribution in [0.25, 0.3) is 27.7 Å². The second kappa shape index (κ2) is 8.52. The van der Waals surface area contributed by atoms with Gasteiger partial charge in [-0.1, -0.05) is 24.3 Å². The average Bonchev–Trinajstić information content (AvgIpc) is 3.61. The van der Waals surface area contributed by atoms with E-state index in [1.54, 1.807) is 42.7 Å². The Labute approximate surface area is 210 Å². The summed E-state index contributed by atoms with van der Waals surface area (Å²) >= 11 is 0. The van der Waals surface area contributed by atoms with Crippen LogP contribution in [0.1, 0.15) is 17.3 Å². The number of nitrogens with one attached hydrogen (secondary N) is 2. The lowest BCUT2D eigenvalue weighted by molar-refractivity contribution is -0.132. The zero-order valence-corrected chi connectivity index (χ0v) is 19.9. The average molecular weight is 495 g/mol. The van der Waals surface area contributed by atoms with Gasteiger partial charge < -0.3 is 24.5 Å². The van der Waals surface area contributed by atoms with Crippen LogP contribution < -0.4 is 14.4 Å². The molecule has 0 aliphatic carbocycles. The molecule has 3 aromatic heterocycles. The van der Waals surface area contributed by atoms with Crippen LogP contribution in [0.5, 0.6) is 11.5 Å². The molecule has 1 fully saturated rings. The van der Waals surface area contributed by atoms with Crippen LogP contribution in [0.3, 0.4) is 0 Å². The van der Waals surface area contributed by atoms with Gasteiger partial charge in [0.15, 0.2) is 11.5 Å². The number of anilines is 1. The number of pyridine rings is 1. The monoisotopic (exact) mass is 495 g/mol. The fourth-order valence-electron chi connectivity index (χ4n) is 4.72. The Morgan fingerprint density at radius 3 is 2.51 bits per heavy atom. The van der Waals surface area contributed by atoms with E-state index in [1.807, 2.05) is 24.3 Å². The van der Waals surface area contributed by atoms with Crippen molar-refractivity contribution in [1.29, 1.82) is 0 Å². The van der Waals surface area contributed by atoms with Crippen LogP contribution >= 0.6 is 0 Å². The van der Waals surface area contributed by atoms with Gasteiger partial charge in [-0.2, -0.15) is 0 Å². The van der Waals surface area contributed by atoms with E-state index in [-0.39, 0.29) is 17.3 Å². The normalized spacial score (nSPS) is 17.1. The predicted octanol–water partition coefficient (Wildman–Crippen LogP) is 4.08. The highest BCUT2D eigenvalue weighted by Gasteiger charge is 2.49. The number of hydrogen-bond acceptors (Lipinski definition) is 7. The Morgan fingerprint density at radius 1 is 1.00 bits per heavy atom. The van der Waals surface area contributed by atoms with Crippen LogP contribution in [0.15, 0.2) is 72.6 Å². The Kier molecular flexibility index (Phi) is 5.15. The topological polar surface area (TPSA) is 133 Å². The van der Waals surface area contributed by atoms with E-state index < -0.39 is 17.7 Å². The Bertz CT molecular complexity index is 1680. The number of carbonyl (C=O) groups is 2. The fraction of sp³-hybridized carbons (Fsp3) is 0.111. The van der Waals surface area contributed by atoms with Gasteiger partial charge in [0, 0.05) is 41.0 Å². The van der Waals surface area contributed by atoms with Crippen molar-refractivity contribution in [1.82, 2.24) is 19.9 Å². The number of nitrogens with zero attached hydrogens (tertiary/aromatic N) is 3. The molecule has 6 rings (SSSR count). The lowest BCUT2D eigenvalue weighted by atomic mass is 9.98. The minimum absolute atomic E-state index is 0.0796. The summed E-state index contributed by atoms with van der Waals surface area (Å²) in [7, 11) is 3.03. The van der Waals surface area contributed by atoms with Gasteiger partial charge in [-0.25, -0.2) is 4.98 Å². The van der Waals surface area contributed by atoms with E-state index in [2.05, 4.69) is 19.9 Å². The Hall–Kier alpha value is -5.12. The predicted molar refractivity (Wildman–Crippen MR) is 137 cm³/mol. The second-order valence-electron chi connectivity index (χ2n) is 8.46. The molecule has 1 atom stereocenters. The van der Waals surface area contributed by atoms with Gasteiger partial charge in [0.2, 0.25) is 5.95 Å². The summed E-state index contributed by atoms with van der Waals surface area (Å²) in [6.45, 7) is 0. The number of aliphatic hydroxyl groups is 1. The number of methoxy groups -OCH3 is 2. The molecule has 3 N–H and O–H groups in total. The third kappa shape index (κ3) is 3.41. The van der Waals surface area contributed by atoms with Crippen LogP contribution in [0.4, 0.5) is 5.95 Å². The zero-order valence-electron chi connectivity index (χ0n) is 19.9. The number of Topliss-reactive ketones (excluding diaryl/α,β-unsaturated/α-hetero) is 1. The number of para-hydroxylation sites is 1. The molecule has 5 aromatic rings. The largest absolute Gasteiger partial charge is 0.507 e. The molecule has 0 radical (unpaired) electrons. The number of amides is 1. The van der Waals surface area contributed by atoms with Gasteiger partial charge >= 0.3 is 5.91 Å². The number of ketones is 1. The molecule has 2 aromatic carbocycles. The quantitative estimate of drug-likeness (QED) is 0.190. The molecule has 4 heterocycles. The lowest BCUT2D eigenvalue weighted by Crippen LogP contribution is -2.30. The van der Waals surface area contributed by atoms with Gasteiger partial charge in [0.1, 0.15) is 11.8 Å². The van der Waals surface area contributed by atoms with Gasteiger partial charge in [-0.15, -0.1) is 0 Å². The Balaban J connectivity index is 1.56. The first-order valence-corrected chi connectivity index (χ1v) is 11.4. The molecule has 184 valence electrons. The molecule has 10 heteroatoms. The molecule has 1 amide bonds. The van der Waals surface area contributed by atoms with Crippen molar-refractivity contribution in [2.75, 3.05) is 19.1 Å². The van der Waals surface area contributed by atoms with Gasteiger partial charge in [-0.05, 0) is 18.2 Å². The van der Waals surface area contributed by atoms with Crippen LogP contribution in [-0.2, 0) is 9.59 Å². The van der Waals surface area contributed by atoms with Crippen molar-refractivity contribution in [3.63, 3.8) is 0 Å². The van der Waals surface area contributed by atoms with Crippen molar-refractivity contribution in [2.24, 2.45) is 0 Å². The molecule has 10 nitrogen and oxygen atoms in total. The number of imidazole rings is 1. The van der Waals surface area contributed by atoms with Crippen molar-refractivity contribution >= 4 is 45.3 Å². The summed E-state index contributed by atoms with van der Waals surface area (Å²) in [6, 6.07) is 14.9. The minimum Gasteiger partial charge on any atom is -0.507 e. The number of hydrogen-bond donors (Lipinski definition) is 3. The van der Waals surface area contributed by atoms with Gasteiger partial charge in [0.05, 0.1) is 36.5 Å². The molecule has 0 saturated carbocycles. The van der Waals surface area contributed by atoms with E-state index >= 15 is 0 Å². The number of rotatable bonds is 5. The van der Waals surface area contributed by atoms with Crippen molar-refractivity contribution in [3.05, 3.63) is 83.8 Å². The number of aromatic nitrogens is 4. The Morgan fingerprint density at radius 2 is 1.76 bits per heavy atom. The first-order chi connectivity index (χ1) is 18.0. The molecule has 0 spiro atoms. The smallest absolute Gasteiger partial charge is 0.302 e. The van der Waals surface area contributed by atoms with Gasteiger partial charge in [-0.3, -0.25) is 19.5 Å². The number of carbonyl (C=O) groups excluding carboxylic acids is 2. The third-order valence-electron chi connectivity index (χ3n) is 6.46. The molecule has 1 aliphatic heterocycles. The van der Waals surface area contributed by atoms with E-state index in [0.717, 1.165) is 5.52 Å². The summed E-state index contributed by atoms with van der Waals surface area (Å²) in [5, 5.41) is 12.2. The van der Waals surface area contributed by atoms with Crippen molar-refractivity contribution in [3.8, 4) is 11.5 Å². The highest BCUT2D eigenvalue weighted by molar-refractivity contribution is 6.51. The highest BCUT2D eigenvalue weighted by atomic mass is 16.5. The molecule has 1 unspecified atom stereocenters. The third-order valence-corrected chi connectivity index (χ3v) is 6.46. The number of aromatic amines is 2. The number of benzene rings is 2. The highest BCUT2D eigenvalue weighted by Crippen LogP contribution is 2.42. The van der Waals surface area contributed by atoms with Crippen LogP contribution in [0, 0.1) is 0 Å². The maximum Gasteiger partial charge on any atom is 0.302 e. The number of aliphatic hydroxyl groups excluding tert-OH is 1. The van der Waals surface area contributed by atoms with Crippen molar-refractivity contribution in [2.45, 2.75) is 6.04 Å². The summed E-state index contributed by atoms with van der Waals surface area (Å²) in [5.41, 5.74) is 2.60.